The number of aryl methyl sites for hydroxylation is 3. The minimum atomic E-state index is -0.389. The van der Waals surface area contributed by atoms with Gasteiger partial charge in [-0.3, -0.25) is 14.6 Å². The van der Waals surface area contributed by atoms with Gasteiger partial charge in [0, 0.05) is 18.7 Å². The summed E-state index contributed by atoms with van der Waals surface area (Å²) in [5.41, 5.74) is 3.50. The molecule has 1 atom stereocenters. The number of nitrogens with zero attached hydrogens (tertiary/aromatic N) is 2. The Kier molecular flexibility index (Phi) is 4.60. The van der Waals surface area contributed by atoms with Crippen molar-refractivity contribution in [2.45, 2.75) is 53.0 Å². The van der Waals surface area contributed by atoms with Crippen LogP contribution >= 0.6 is 0 Å². The molecule has 21 heavy (non-hydrogen) atoms. The molecule has 2 heterocycles. The maximum Gasteiger partial charge on any atom is 0.247 e. The van der Waals surface area contributed by atoms with Gasteiger partial charge in [-0.1, -0.05) is 6.92 Å². The molecule has 1 saturated heterocycles. The first-order chi connectivity index (χ1) is 9.93. The Morgan fingerprint density at radius 1 is 1.43 bits per heavy atom. The lowest BCUT2D eigenvalue weighted by Crippen LogP contribution is -2.44. The van der Waals surface area contributed by atoms with E-state index in [9.17, 15) is 9.59 Å². The number of amides is 2. The summed E-state index contributed by atoms with van der Waals surface area (Å²) in [5.74, 6) is -0.0444. The van der Waals surface area contributed by atoms with Crippen molar-refractivity contribution in [2.75, 3.05) is 11.9 Å². The third kappa shape index (κ3) is 3.23. The van der Waals surface area contributed by atoms with Gasteiger partial charge in [0.25, 0.3) is 0 Å². The highest BCUT2D eigenvalue weighted by Crippen LogP contribution is 2.22. The predicted octanol–water partition coefficient (Wildman–Crippen LogP) is 2.35. The van der Waals surface area contributed by atoms with E-state index in [1.54, 1.807) is 4.90 Å². The average molecular weight is 289 g/mol. The van der Waals surface area contributed by atoms with E-state index in [4.69, 9.17) is 0 Å². The maximum absolute atomic E-state index is 12.5. The molecule has 5 heteroatoms. The highest BCUT2D eigenvalue weighted by molar-refractivity contribution is 5.98. The molecule has 1 aliphatic rings. The van der Waals surface area contributed by atoms with E-state index in [2.05, 4.69) is 10.3 Å². The summed E-state index contributed by atoms with van der Waals surface area (Å²) >= 11 is 0. The van der Waals surface area contributed by atoms with Crippen LogP contribution in [0.2, 0.25) is 0 Å². The van der Waals surface area contributed by atoms with Crippen LogP contribution in [0.15, 0.2) is 6.07 Å². The predicted molar refractivity (Wildman–Crippen MR) is 82.1 cm³/mol. The van der Waals surface area contributed by atoms with E-state index in [0.29, 0.717) is 19.4 Å². The smallest absolute Gasteiger partial charge is 0.247 e. The second-order valence-corrected chi connectivity index (χ2v) is 5.64. The fourth-order valence-corrected chi connectivity index (χ4v) is 2.96. The minimum absolute atomic E-state index is 0.0764. The fourth-order valence-electron chi connectivity index (χ4n) is 2.96. The zero-order valence-corrected chi connectivity index (χ0v) is 13.2. The van der Waals surface area contributed by atoms with Gasteiger partial charge < -0.3 is 10.2 Å². The minimum Gasteiger partial charge on any atom is -0.331 e. The lowest BCUT2D eigenvalue weighted by molar-refractivity contribution is -0.135. The molecule has 0 aromatic carbocycles. The Bertz CT molecular complexity index is 546. The molecule has 5 nitrogen and oxygen atoms in total. The summed E-state index contributed by atoms with van der Waals surface area (Å²) in [6.45, 7) is 8.39. The Morgan fingerprint density at radius 3 is 2.67 bits per heavy atom. The van der Waals surface area contributed by atoms with Crippen LogP contribution in [0.4, 0.5) is 5.69 Å². The van der Waals surface area contributed by atoms with Gasteiger partial charge in [-0.25, -0.2) is 0 Å². The van der Waals surface area contributed by atoms with E-state index in [1.807, 2.05) is 33.8 Å². The zero-order valence-electron chi connectivity index (χ0n) is 13.2. The molecule has 0 spiro atoms. The number of carbonyl (C=O) groups excluding carboxylic acids is 2. The topological polar surface area (TPSA) is 62.3 Å². The molecule has 1 aliphatic heterocycles. The second-order valence-electron chi connectivity index (χ2n) is 5.64. The van der Waals surface area contributed by atoms with Gasteiger partial charge in [-0.05, 0) is 45.2 Å². The SMILES string of the molecule is CCC(C(=O)Nc1c(C)cc(C)nc1C)N1CCCC1=O. The molecule has 1 N–H and O–H groups in total. The highest BCUT2D eigenvalue weighted by atomic mass is 16.2. The molecule has 0 saturated carbocycles. The highest BCUT2D eigenvalue weighted by Gasteiger charge is 2.31. The van der Waals surface area contributed by atoms with E-state index in [1.165, 1.54) is 0 Å². The first kappa shape index (κ1) is 15.5. The Labute approximate surface area is 125 Å². The summed E-state index contributed by atoms with van der Waals surface area (Å²) in [6.07, 6.45) is 2.01. The van der Waals surface area contributed by atoms with Gasteiger partial charge in [-0.2, -0.15) is 0 Å². The van der Waals surface area contributed by atoms with Crippen LogP contribution in [0.5, 0.6) is 0 Å². The number of anilines is 1. The molecule has 0 bridgehead atoms. The lowest BCUT2D eigenvalue weighted by atomic mass is 10.1. The number of likely N-dealkylation sites (tertiary alicyclic amines) is 1. The van der Waals surface area contributed by atoms with E-state index < -0.39 is 0 Å². The quantitative estimate of drug-likeness (QED) is 0.925. The summed E-state index contributed by atoms with van der Waals surface area (Å²) in [5, 5.41) is 2.96. The number of hydrogen-bond acceptors (Lipinski definition) is 3. The van der Waals surface area contributed by atoms with Gasteiger partial charge in [0.05, 0.1) is 11.4 Å². The molecule has 1 aromatic rings. The standard InChI is InChI=1S/C16H23N3O2/c1-5-13(19-8-6-7-14(19)20)16(21)18-15-10(2)9-11(3)17-12(15)4/h9,13H,5-8H2,1-4H3,(H,18,21). The Balaban J connectivity index is 2.18. The normalized spacial score (nSPS) is 16.2. The molecule has 2 amide bonds. The summed E-state index contributed by atoms with van der Waals surface area (Å²) in [7, 11) is 0. The molecule has 0 radical (unpaired) electrons. The third-order valence-corrected chi connectivity index (χ3v) is 3.95. The van der Waals surface area contributed by atoms with Crippen LogP contribution in [0.25, 0.3) is 0 Å². The molecule has 1 aromatic heterocycles. The second kappa shape index (κ2) is 6.24. The largest absolute Gasteiger partial charge is 0.331 e. The number of pyridine rings is 1. The molecule has 2 rings (SSSR count). The summed E-state index contributed by atoms with van der Waals surface area (Å²) < 4.78 is 0. The number of nitrogens with one attached hydrogen (secondary N) is 1. The van der Waals surface area contributed by atoms with Crippen molar-refractivity contribution in [3.05, 3.63) is 23.0 Å². The maximum atomic E-state index is 12.5. The van der Waals surface area contributed by atoms with Gasteiger partial charge >= 0.3 is 0 Å². The van der Waals surface area contributed by atoms with E-state index >= 15 is 0 Å². The average Bonchev–Trinajstić information content (AvgIpc) is 2.81. The molecule has 114 valence electrons. The van der Waals surface area contributed by atoms with Crippen LogP contribution in [-0.2, 0) is 9.59 Å². The van der Waals surface area contributed by atoms with E-state index in [-0.39, 0.29) is 17.9 Å². The van der Waals surface area contributed by atoms with Crippen molar-refractivity contribution < 1.29 is 9.59 Å². The van der Waals surface area contributed by atoms with Gasteiger partial charge in [0.15, 0.2) is 0 Å². The van der Waals surface area contributed by atoms with Crippen LogP contribution in [0.3, 0.4) is 0 Å². The van der Waals surface area contributed by atoms with Crippen LogP contribution in [0, 0.1) is 20.8 Å². The van der Waals surface area contributed by atoms with Crippen molar-refractivity contribution >= 4 is 17.5 Å². The zero-order chi connectivity index (χ0) is 15.6. The lowest BCUT2D eigenvalue weighted by Gasteiger charge is -2.26. The molecule has 1 unspecified atom stereocenters. The van der Waals surface area contributed by atoms with E-state index in [0.717, 1.165) is 29.1 Å². The third-order valence-electron chi connectivity index (χ3n) is 3.95. The van der Waals surface area contributed by atoms with Crippen molar-refractivity contribution in [3.8, 4) is 0 Å². The van der Waals surface area contributed by atoms with Gasteiger partial charge in [-0.15, -0.1) is 0 Å². The Morgan fingerprint density at radius 2 is 2.14 bits per heavy atom. The molecule has 0 aliphatic carbocycles. The summed E-state index contributed by atoms with van der Waals surface area (Å²) in [6, 6.07) is 1.56. The van der Waals surface area contributed by atoms with Crippen molar-refractivity contribution in [2.24, 2.45) is 0 Å². The number of carbonyl (C=O) groups is 2. The van der Waals surface area contributed by atoms with Gasteiger partial charge in [0.1, 0.15) is 6.04 Å². The van der Waals surface area contributed by atoms with Gasteiger partial charge in [0.2, 0.25) is 11.8 Å². The first-order valence-electron chi connectivity index (χ1n) is 7.49. The van der Waals surface area contributed by atoms with Crippen molar-refractivity contribution in [3.63, 3.8) is 0 Å². The molecular weight excluding hydrogens is 266 g/mol. The van der Waals surface area contributed by atoms with Crippen LogP contribution < -0.4 is 5.32 Å². The number of hydrogen-bond donors (Lipinski definition) is 1. The summed E-state index contributed by atoms with van der Waals surface area (Å²) in [4.78, 5) is 30.5. The molecule has 1 fully saturated rings. The van der Waals surface area contributed by atoms with Crippen molar-refractivity contribution in [1.82, 2.24) is 9.88 Å². The van der Waals surface area contributed by atoms with Crippen molar-refractivity contribution in [1.29, 1.82) is 0 Å². The monoisotopic (exact) mass is 289 g/mol. The van der Waals surface area contributed by atoms with Crippen LogP contribution in [0.1, 0.15) is 43.1 Å². The number of rotatable bonds is 4. The first-order valence-corrected chi connectivity index (χ1v) is 7.49. The fraction of sp³-hybridized carbons (Fsp3) is 0.562. The van der Waals surface area contributed by atoms with Crippen LogP contribution in [-0.4, -0.2) is 34.3 Å². The molecular formula is C16H23N3O2. The Hall–Kier alpha value is -1.91. The number of aromatic nitrogens is 1.